The Morgan fingerprint density at radius 2 is 1.53 bits per heavy atom. The molecule has 0 aliphatic carbocycles. The summed E-state index contributed by atoms with van der Waals surface area (Å²) in [5.41, 5.74) is 10.0. The third-order valence-electron chi connectivity index (χ3n) is 3.15. The second kappa shape index (κ2) is 5.41. The van der Waals surface area contributed by atoms with E-state index in [0.717, 1.165) is 33.9 Å². The number of nitrogens with two attached hydrogens (primary N) is 1. The molecule has 2 aromatic carbocycles. The van der Waals surface area contributed by atoms with Crippen molar-refractivity contribution in [2.75, 3.05) is 18.9 Å². The first-order valence-electron chi connectivity index (χ1n) is 6.00. The molecular formula is C15H16ClNO2. The highest BCUT2D eigenvalue weighted by Gasteiger charge is 2.12. The summed E-state index contributed by atoms with van der Waals surface area (Å²) in [7, 11) is 0. The molecule has 1 heterocycles. The van der Waals surface area contributed by atoms with Gasteiger partial charge in [-0.3, -0.25) is 0 Å². The molecule has 3 nitrogen and oxygen atoms in total. The largest absolute Gasteiger partial charge is 0.486 e. The molecule has 0 aromatic heterocycles. The summed E-state index contributed by atoms with van der Waals surface area (Å²) in [5.74, 6) is 1.61. The smallest absolute Gasteiger partial charge is 0.161 e. The molecule has 2 aromatic rings. The van der Waals surface area contributed by atoms with E-state index in [-0.39, 0.29) is 12.4 Å². The predicted octanol–water partition coefficient (Wildman–Crippen LogP) is 3.44. The second-order valence-corrected chi connectivity index (χ2v) is 4.43. The quantitative estimate of drug-likeness (QED) is 0.812. The highest BCUT2D eigenvalue weighted by molar-refractivity contribution is 5.85. The Balaban J connectivity index is 0.00000133. The first kappa shape index (κ1) is 13.6. The molecule has 0 spiro atoms. The molecule has 0 bridgehead atoms. The summed E-state index contributed by atoms with van der Waals surface area (Å²) in [5, 5.41) is 0. The summed E-state index contributed by atoms with van der Waals surface area (Å²) in [6.45, 7) is 3.22. The minimum absolute atomic E-state index is 0. The van der Waals surface area contributed by atoms with E-state index in [1.807, 2.05) is 37.3 Å². The molecule has 1 aliphatic heterocycles. The zero-order valence-electron chi connectivity index (χ0n) is 10.7. The van der Waals surface area contributed by atoms with Crippen molar-refractivity contribution in [3.63, 3.8) is 0 Å². The molecule has 2 N–H and O–H groups in total. The monoisotopic (exact) mass is 277 g/mol. The van der Waals surface area contributed by atoms with Crippen LogP contribution in [0, 0.1) is 6.92 Å². The molecule has 0 saturated heterocycles. The lowest BCUT2D eigenvalue weighted by Crippen LogP contribution is -2.15. The van der Waals surface area contributed by atoms with Gasteiger partial charge in [-0.05, 0) is 41.8 Å². The van der Waals surface area contributed by atoms with Crippen LogP contribution in [0.3, 0.4) is 0 Å². The topological polar surface area (TPSA) is 44.5 Å². The fraction of sp³-hybridized carbons (Fsp3) is 0.200. The first-order chi connectivity index (χ1) is 8.74. The van der Waals surface area contributed by atoms with E-state index in [4.69, 9.17) is 15.2 Å². The van der Waals surface area contributed by atoms with Crippen LogP contribution in [0.2, 0.25) is 0 Å². The van der Waals surface area contributed by atoms with Crippen molar-refractivity contribution in [3.8, 4) is 22.6 Å². The molecule has 3 rings (SSSR count). The van der Waals surface area contributed by atoms with Crippen LogP contribution in [0.25, 0.3) is 11.1 Å². The maximum absolute atomic E-state index is 5.94. The zero-order chi connectivity index (χ0) is 12.5. The van der Waals surface area contributed by atoms with E-state index in [9.17, 15) is 0 Å². The van der Waals surface area contributed by atoms with Crippen molar-refractivity contribution in [3.05, 3.63) is 42.0 Å². The number of hydrogen-bond donors (Lipinski definition) is 1. The van der Waals surface area contributed by atoms with Gasteiger partial charge < -0.3 is 15.2 Å². The van der Waals surface area contributed by atoms with Gasteiger partial charge in [0.05, 0.1) is 0 Å². The van der Waals surface area contributed by atoms with E-state index >= 15 is 0 Å². The van der Waals surface area contributed by atoms with Gasteiger partial charge >= 0.3 is 0 Å². The number of halogens is 1. The van der Waals surface area contributed by atoms with Gasteiger partial charge in [0.15, 0.2) is 11.5 Å². The van der Waals surface area contributed by atoms with Crippen molar-refractivity contribution in [2.45, 2.75) is 6.92 Å². The van der Waals surface area contributed by atoms with Crippen LogP contribution in [0.1, 0.15) is 5.56 Å². The Morgan fingerprint density at radius 3 is 2.26 bits per heavy atom. The van der Waals surface area contributed by atoms with E-state index in [2.05, 4.69) is 6.07 Å². The Kier molecular flexibility index (Phi) is 3.86. The van der Waals surface area contributed by atoms with Crippen LogP contribution in [0.4, 0.5) is 5.69 Å². The van der Waals surface area contributed by atoms with Gasteiger partial charge in [-0.15, -0.1) is 12.4 Å². The zero-order valence-corrected chi connectivity index (χ0v) is 11.5. The highest BCUT2D eigenvalue weighted by atomic mass is 35.5. The van der Waals surface area contributed by atoms with E-state index in [1.54, 1.807) is 0 Å². The Morgan fingerprint density at radius 1 is 0.895 bits per heavy atom. The second-order valence-electron chi connectivity index (χ2n) is 4.43. The average molecular weight is 278 g/mol. The Labute approximate surface area is 118 Å². The van der Waals surface area contributed by atoms with Crippen molar-refractivity contribution in [1.29, 1.82) is 0 Å². The predicted molar refractivity (Wildman–Crippen MR) is 79.3 cm³/mol. The lowest BCUT2D eigenvalue weighted by molar-refractivity contribution is 0.171. The van der Waals surface area contributed by atoms with Crippen molar-refractivity contribution < 1.29 is 9.47 Å². The maximum atomic E-state index is 5.94. The third-order valence-corrected chi connectivity index (χ3v) is 3.15. The molecule has 0 saturated carbocycles. The number of rotatable bonds is 1. The van der Waals surface area contributed by atoms with Gasteiger partial charge in [0.1, 0.15) is 13.2 Å². The fourth-order valence-corrected chi connectivity index (χ4v) is 2.04. The van der Waals surface area contributed by atoms with Crippen molar-refractivity contribution >= 4 is 18.1 Å². The normalized spacial score (nSPS) is 12.7. The molecule has 4 heteroatoms. The van der Waals surface area contributed by atoms with Crippen LogP contribution in [-0.2, 0) is 0 Å². The molecule has 19 heavy (non-hydrogen) atoms. The summed E-state index contributed by atoms with van der Waals surface area (Å²) in [6, 6.07) is 12.1. The summed E-state index contributed by atoms with van der Waals surface area (Å²) < 4.78 is 11.1. The number of aryl methyl sites for hydroxylation is 1. The van der Waals surface area contributed by atoms with Crippen LogP contribution >= 0.6 is 12.4 Å². The highest BCUT2D eigenvalue weighted by Crippen LogP contribution is 2.35. The standard InChI is InChI=1S/C15H15NO2.ClH/c1-10-2-3-11(8-13(10)16)12-4-5-14-15(9-12)18-7-6-17-14;/h2-5,8-9H,6-7,16H2,1H3;1H. The number of ether oxygens (including phenoxy) is 2. The minimum Gasteiger partial charge on any atom is -0.486 e. The lowest BCUT2D eigenvalue weighted by Gasteiger charge is -2.19. The maximum Gasteiger partial charge on any atom is 0.161 e. The van der Waals surface area contributed by atoms with Crippen LogP contribution < -0.4 is 15.2 Å². The summed E-state index contributed by atoms with van der Waals surface area (Å²) in [4.78, 5) is 0. The van der Waals surface area contributed by atoms with Gasteiger partial charge in [0, 0.05) is 5.69 Å². The van der Waals surface area contributed by atoms with Crippen LogP contribution in [0.5, 0.6) is 11.5 Å². The molecular weight excluding hydrogens is 262 g/mol. The SMILES string of the molecule is Cc1ccc(-c2ccc3c(c2)OCCO3)cc1N.Cl. The number of hydrogen-bond acceptors (Lipinski definition) is 3. The van der Waals surface area contributed by atoms with Gasteiger partial charge in [0.25, 0.3) is 0 Å². The van der Waals surface area contributed by atoms with Crippen molar-refractivity contribution in [1.82, 2.24) is 0 Å². The minimum atomic E-state index is 0. The summed E-state index contributed by atoms with van der Waals surface area (Å²) >= 11 is 0. The Hall–Kier alpha value is -1.87. The molecule has 1 aliphatic rings. The van der Waals surface area contributed by atoms with Crippen molar-refractivity contribution in [2.24, 2.45) is 0 Å². The summed E-state index contributed by atoms with van der Waals surface area (Å²) in [6.07, 6.45) is 0. The Bertz CT molecular complexity index is 599. The van der Waals surface area contributed by atoms with Gasteiger partial charge in [0.2, 0.25) is 0 Å². The van der Waals surface area contributed by atoms with Gasteiger partial charge in [-0.2, -0.15) is 0 Å². The van der Waals surface area contributed by atoms with Crippen LogP contribution in [-0.4, -0.2) is 13.2 Å². The fourth-order valence-electron chi connectivity index (χ4n) is 2.04. The average Bonchev–Trinajstić information content (AvgIpc) is 2.41. The van der Waals surface area contributed by atoms with Gasteiger partial charge in [-0.1, -0.05) is 18.2 Å². The molecule has 0 atom stereocenters. The molecule has 0 unspecified atom stereocenters. The van der Waals surface area contributed by atoms with Crippen LogP contribution in [0.15, 0.2) is 36.4 Å². The number of nitrogen functional groups attached to an aromatic ring is 1. The molecule has 0 radical (unpaired) electrons. The van der Waals surface area contributed by atoms with E-state index in [0.29, 0.717) is 13.2 Å². The molecule has 100 valence electrons. The lowest BCUT2D eigenvalue weighted by atomic mass is 10.0. The third kappa shape index (κ3) is 2.61. The van der Waals surface area contributed by atoms with E-state index in [1.165, 1.54) is 0 Å². The first-order valence-corrected chi connectivity index (χ1v) is 6.00. The molecule has 0 fully saturated rings. The number of fused-ring (bicyclic) bond motifs is 1. The number of anilines is 1. The van der Waals surface area contributed by atoms with E-state index < -0.39 is 0 Å². The number of benzene rings is 2. The van der Waals surface area contributed by atoms with Gasteiger partial charge in [-0.25, -0.2) is 0 Å². The molecule has 0 amide bonds.